The first kappa shape index (κ1) is 16.7. The third kappa shape index (κ3) is 3.70. The maximum atomic E-state index is 12.3. The normalized spacial score (nSPS) is 11.5. The van der Waals surface area contributed by atoms with Crippen molar-refractivity contribution < 1.29 is 22.7 Å². The molecule has 0 atom stereocenters. The molecule has 25 heavy (non-hydrogen) atoms. The van der Waals surface area contributed by atoms with Gasteiger partial charge >= 0.3 is 12.1 Å². The van der Waals surface area contributed by atoms with Gasteiger partial charge in [0.15, 0.2) is 0 Å². The van der Waals surface area contributed by atoms with Crippen molar-refractivity contribution in [3.05, 3.63) is 42.5 Å². The van der Waals surface area contributed by atoms with Gasteiger partial charge in [-0.1, -0.05) is 0 Å². The summed E-state index contributed by atoms with van der Waals surface area (Å²) in [5.74, 6) is -1.33. The molecule has 3 rings (SSSR count). The minimum absolute atomic E-state index is 0.00595. The van der Waals surface area contributed by atoms with Crippen molar-refractivity contribution in [1.82, 2.24) is 15.0 Å². The molecule has 3 aromatic rings. The number of carbonyl (C=O) groups is 1. The van der Waals surface area contributed by atoms with E-state index in [2.05, 4.69) is 10.2 Å². The van der Waals surface area contributed by atoms with Crippen LogP contribution in [0.5, 0.6) is 5.75 Å². The summed E-state index contributed by atoms with van der Waals surface area (Å²) in [5, 5.41) is 10.3. The van der Waals surface area contributed by atoms with E-state index in [-0.39, 0.29) is 5.69 Å². The molecule has 130 valence electrons. The number of hydrogen-bond acceptors (Lipinski definition) is 4. The van der Waals surface area contributed by atoms with Crippen molar-refractivity contribution in [2.24, 2.45) is 0 Å². The Bertz CT molecular complexity index is 904. The SMILES string of the molecule is CCOc1ccc(-n2nc3ccc(NC(=O)C(F)(F)F)cc3n2)cc1. The minimum Gasteiger partial charge on any atom is -0.494 e. The molecule has 6 nitrogen and oxygen atoms in total. The number of amides is 1. The maximum Gasteiger partial charge on any atom is 0.471 e. The standard InChI is InChI=1S/C16H13F3N4O2/c1-2-25-12-6-4-11(5-7-12)23-21-13-8-3-10(9-14(13)22-23)20-15(24)16(17,18)19/h3-9H,2H2,1H3,(H,20,24). The van der Waals surface area contributed by atoms with Gasteiger partial charge in [-0.15, -0.1) is 10.2 Å². The minimum atomic E-state index is -4.95. The molecule has 0 fully saturated rings. The lowest BCUT2D eigenvalue weighted by atomic mass is 10.2. The Labute approximate surface area is 140 Å². The highest BCUT2D eigenvalue weighted by Gasteiger charge is 2.38. The summed E-state index contributed by atoms with van der Waals surface area (Å²) in [6, 6.07) is 11.2. The van der Waals surface area contributed by atoms with Gasteiger partial charge in [-0.05, 0) is 49.4 Å². The predicted molar refractivity (Wildman–Crippen MR) is 84.7 cm³/mol. The summed E-state index contributed by atoms with van der Waals surface area (Å²) in [7, 11) is 0. The quantitative estimate of drug-likeness (QED) is 0.784. The second-order valence-electron chi connectivity index (χ2n) is 5.07. The van der Waals surface area contributed by atoms with Gasteiger partial charge in [-0.2, -0.15) is 18.0 Å². The Morgan fingerprint density at radius 1 is 1.12 bits per heavy atom. The fourth-order valence-corrected chi connectivity index (χ4v) is 2.15. The van der Waals surface area contributed by atoms with Crippen molar-refractivity contribution in [1.29, 1.82) is 0 Å². The van der Waals surface area contributed by atoms with Crippen LogP contribution in [0.4, 0.5) is 18.9 Å². The second kappa shape index (κ2) is 6.42. The Balaban J connectivity index is 1.86. The number of anilines is 1. The van der Waals surface area contributed by atoms with Crippen molar-refractivity contribution >= 4 is 22.6 Å². The average molecular weight is 350 g/mol. The van der Waals surface area contributed by atoms with Crippen LogP contribution >= 0.6 is 0 Å². The van der Waals surface area contributed by atoms with Crippen LogP contribution in [0.1, 0.15) is 6.92 Å². The van der Waals surface area contributed by atoms with Gasteiger partial charge in [0.1, 0.15) is 16.8 Å². The fraction of sp³-hybridized carbons (Fsp3) is 0.188. The molecule has 0 spiro atoms. The number of ether oxygens (including phenoxy) is 1. The lowest BCUT2D eigenvalue weighted by molar-refractivity contribution is -0.167. The topological polar surface area (TPSA) is 69.0 Å². The van der Waals surface area contributed by atoms with Gasteiger partial charge in [0.2, 0.25) is 0 Å². The summed E-state index contributed by atoms with van der Waals surface area (Å²) in [6.07, 6.45) is -4.95. The molecule has 0 aliphatic carbocycles. The van der Waals surface area contributed by atoms with Crippen LogP contribution in [0.3, 0.4) is 0 Å². The number of fused-ring (bicyclic) bond motifs is 1. The Morgan fingerprint density at radius 2 is 1.80 bits per heavy atom. The van der Waals surface area contributed by atoms with Crippen LogP contribution in [0.15, 0.2) is 42.5 Å². The number of rotatable bonds is 4. The molecule has 1 N–H and O–H groups in total. The summed E-state index contributed by atoms with van der Waals surface area (Å²) >= 11 is 0. The number of hydrogen-bond donors (Lipinski definition) is 1. The lowest BCUT2D eigenvalue weighted by Gasteiger charge is -2.07. The van der Waals surface area contributed by atoms with Crippen LogP contribution in [-0.2, 0) is 4.79 Å². The van der Waals surface area contributed by atoms with E-state index in [0.717, 1.165) is 0 Å². The molecule has 0 aliphatic heterocycles. The van der Waals surface area contributed by atoms with Crippen molar-refractivity contribution in [3.8, 4) is 11.4 Å². The predicted octanol–water partition coefficient (Wildman–Crippen LogP) is 3.32. The first-order valence-electron chi connectivity index (χ1n) is 7.35. The van der Waals surface area contributed by atoms with Gasteiger partial charge < -0.3 is 10.1 Å². The fourth-order valence-electron chi connectivity index (χ4n) is 2.15. The van der Waals surface area contributed by atoms with Gasteiger partial charge in [0.25, 0.3) is 0 Å². The van der Waals surface area contributed by atoms with E-state index < -0.39 is 12.1 Å². The number of nitrogens with one attached hydrogen (secondary N) is 1. The number of alkyl halides is 3. The molecule has 0 bridgehead atoms. The van der Waals surface area contributed by atoms with E-state index in [1.165, 1.54) is 23.0 Å². The second-order valence-corrected chi connectivity index (χ2v) is 5.07. The first-order valence-corrected chi connectivity index (χ1v) is 7.35. The smallest absolute Gasteiger partial charge is 0.471 e. The number of benzene rings is 2. The summed E-state index contributed by atoms with van der Waals surface area (Å²) in [5.41, 5.74) is 1.50. The highest BCUT2D eigenvalue weighted by atomic mass is 19.4. The van der Waals surface area contributed by atoms with E-state index in [0.29, 0.717) is 29.1 Å². The molecule has 0 radical (unpaired) electrons. The van der Waals surface area contributed by atoms with E-state index in [1.54, 1.807) is 29.6 Å². The molecule has 1 heterocycles. The molecular formula is C16H13F3N4O2. The zero-order chi connectivity index (χ0) is 18.0. The molecule has 9 heteroatoms. The Kier molecular flexibility index (Phi) is 4.30. The van der Waals surface area contributed by atoms with E-state index >= 15 is 0 Å². The van der Waals surface area contributed by atoms with E-state index in [9.17, 15) is 18.0 Å². The molecule has 1 amide bonds. The van der Waals surface area contributed by atoms with Gasteiger partial charge in [0.05, 0.1) is 12.3 Å². The van der Waals surface area contributed by atoms with Crippen LogP contribution in [0.2, 0.25) is 0 Å². The number of carbonyl (C=O) groups excluding carboxylic acids is 1. The molecule has 0 saturated carbocycles. The lowest BCUT2D eigenvalue weighted by Crippen LogP contribution is -2.29. The molecule has 0 unspecified atom stereocenters. The third-order valence-electron chi connectivity index (χ3n) is 3.27. The maximum absolute atomic E-state index is 12.3. The Hall–Kier alpha value is -3.10. The van der Waals surface area contributed by atoms with Crippen LogP contribution in [0.25, 0.3) is 16.7 Å². The Morgan fingerprint density at radius 3 is 2.44 bits per heavy atom. The molecule has 2 aromatic carbocycles. The molecule has 1 aromatic heterocycles. The van der Waals surface area contributed by atoms with Crippen molar-refractivity contribution in [2.75, 3.05) is 11.9 Å². The van der Waals surface area contributed by atoms with E-state index in [1.807, 2.05) is 6.92 Å². The molecular weight excluding hydrogens is 337 g/mol. The number of halogens is 3. The molecule has 0 saturated heterocycles. The highest BCUT2D eigenvalue weighted by molar-refractivity contribution is 5.96. The van der Waals surface area contributed by atoms with Gasteiger partial charge in [-0.25, -0.2) is 0 Å². The van der Waals surface area contributed by atoms with E-state index in [4.69, 9.17) is 4.74 Å². The van der Waals surface area contributed by atoms with Crippen LogP contribution in [0, 0.1) is 0 Å². The zero-order valence-corrected chi connectivity index (χ0v) is 13.0. The largest absolute Gasteiger partial charge is 0.494 e. The van der Waals surface area contributed by atoms with Crippen LogP contribution < -0.4 is 10.1 Å². The highest BCUT2D eigenvalue weighted by Crippen LogP contribution is 2.22. The van der Waals surface area contributed by atoms with Gasteiger partial charge in [0, 0.05) is 5.69 Å². The van der Waals surface area contributed by atoms with Crippen molar-refractivity contribution in [2.45, 2.75) is 13.1 Å². The zero-order valence-electron chi connectivity index (χ0n) is 13.0. The molecule has 0 aliphatic rings. The summed E-state index contributed by atoms with van der Waals surface area (Å²) in [4.78, 5) is 12.3. The van der Waals surface area contributed by atoms with Crippen LogP contribution in [-0.4, -0.2) is 33.7 Å². The summed E-state index contributed by atoms with van der Waals surface area (Å²) < 4.78 is 42.3. The third-order valence-corrected chi connectivity index (χ3v) is 3.27. The summed E-state index contributed by atoms with van der Waals surface area (Å²) in [6.45, 7) is 2.43. The van der Waals surface area contributed by atoms with Gasteiger partial charge in [-0.3, -0.25) is 4.79 Å². The first-order chi connectivity index (χ1) is 11.9. The monoisotopic (exact) mass is 350 g/mol. The number of nitrogens with zero attached hydrogens (tertiary/aromatic N) is 3. The van der Waals surface area contributed by atoms with Crippen molar-refractivity contribution in [3.63, 3.8) is 0 Å². The average Bonchev–Trinajstić information content (AvgIpc) is 2.98. The number of aromatic nitrogens is 3.